The Hall–Kier alpha value is -2.23. The highest BCUT2D eigenvalue weighted by Gasteiger charge is 2.44. The van der Waals surface area contributed by atoms with Gasteiger partial charge in [-0.1, -0.05) is 13.8 Å². The van der Waals surface area contributed by atoms with Crippen LogP contribution in [0.15, 0.2) is 12.4 Å². The maximum atomic E-state index is 13.2. The lowest BCUT2D eigenvalue weighted by atomic mass is 10.0. The molecule has 0 aromatic carbocycles. The summed E-state index contributed by atoms with van der Waals surface area (Å²) in [4.78, 5) is 17.8. The number of amides is 1. The first-order valence-electron chi connectivity index (χ1n) is 8.18. The number of nitriles is 1. The highest BCUT2D eigenvalue weighted by molar-refractivity contribution is 5.80. The van der Waals surface area contributed by atoms with Gasteiger partial charge in [0, 0.05) is 18.0 Å². The Morgan fingerprint density at radius 1 is 1.42 bits per heavy atom. The fraction of sp³-hybridized carbons (Fsp3) is 0.588. The predicted molar refractivity (Wildman–Crippen MR) is 83.4 cm³/mol. The third kappa shape index (κ3) is 3.81. The van der Waals surface area contributed by atoms with Crippen molar-refractivity contribution in [1.82, 2.24) is 9.88 Å². The third-order valence-electron chi connectivity index (χ3n) is 4.06. The van der Waals surface area contributed by atoms with Crippen LogP contribution < -0.4 is 4.74 Å². The number of aromatic nitrogens is 1. The van der Waals surface area contributed by atoms with Gasteiger partial charge in [0.15, 0.2) is 0 Å². The van der Waals surface area contributed by atoms with Crippen LogP contribution in [0, 0.1) is 23.2 Å². The number of halogens is 2. The molecule has 3 rings (SSSR count). The minimum atomic E-state index is -2.65. The van der Waals surface area contributed by atoms with Gasteiger partial charge in [0.25, 0.3) is 0 Å². The molecule has 0 bridgehead atoms. The van der Waals surface area contributed by atoms with Crippen molar-refractivity contribution >= 4 is 5.91 Å². The van der Waals surface area contributed by atoms with Gasteiger partial charge in [-0.05, 0) is 18.8 Å². The Morgan fingerprint density at radius 3 is 2.71 bits per heavy atom. The van der Waals surface area contributed by atoms with Crippen molar-refractivity contribution in [1.29, 1.82) is 5.26 Å². The van der Waals surface area contributed by atoms with Crippen molar-refractivity contribution in [2.75, 3.05) is 13.2 Å². The van der Waals surface area contributed by atoms with E-state index in [4.69, 9.17) is 10.00 Å². The van der Waals surface area contributed by atoms with Crippen LogP contribution in [0.2, 0.25) is 0 Å². The zero-order valence-corrected chi connectivity index (χ0v) is 13.8. The topological polar surface area (TPSA) is 66.2 Å². The van der Waals surface area contributed by atoms with Gasteiger partial charge >= 0.3 is 0 Å². The number of ether oxygens (including phenoxy) is 1. The fourth-order valence-corrected chi connectivity index (χ4v) is 2.77. The molecule has 1 fully saturated rings. The van der Waals surface area contributed by atoms with Crippen LogP contribution in [0.25, 0.3) is 0 Å². The Labute approximate surface area is 140 Å². The number of carbonyl (C=O) groups excluding carboxylic acids is 1. The summed E-state index contributed by atoms with van der Waals surface area (Å²) in [6.07, 6.45) is 1.62. The van der Waals surface area contributed by atoms with Crippen molar-refractivity contribution in [3.05, 3.63) is 23.5 Å². The number of carbonyl (C=O) groups is 1. The van der Waals surface area contributed by atoms with Gasteiger partial charge in [0.1, 0.15) is 29.9 Å². The van der Waals surface area contributed by atoms with Crippen LogP contribution >= 0.6 is 0 Å². The molecule has 130 valence electrons. The average Bonchev–Trinajstić information content (AvgIpc) is 3.41. The van der Waals surface area contributed by atoms with E-state index in [1.165, 1.54) is 17.3 Å². The van der Waals surface area contributed by atoms with Crippen molar-refractivity contribution in [3.63, 3.8) is 0 Å². The number of pyridine rings is 1. The molecule has 1 unspecified atom stereocenters. The molecule has 5 nitrogen and oxygen atoms in total. The number of alkyl halides is 2. The molecule has 0 spiro atoms. The maximum absolute atomic E-state index is 13.2. The van der Waals surface area contributed by atoms with Gasteiger partial charge in [-0.25, -0.2) is 8.78 Å². The molecule has 1 aliphatic heterocycles. The van der Waals surface area contributed by atoms with E-state index in [1.807, 2.05) is 19.9 Å². The summed E-state index contributed by atoms with van der Waals surface area (Å²) >= 11 is 0. The first-order chi connectivity index (χ1) is 11.6. The van der Waals surface area contributed by atoms with E-state index in [1.54, 1.807) is 0 Å². The molecular weight excluding hydrogens is 316 g/mol. The van der Waals surface area contributed by atoms with Crippen LogP contribution in [0.4, 0.5) is 8.78 Å². The number of hydrogen-bond acceptors (Lipinski definition) is 4. The standard InChI is InChI=1S/C15H15F2N3O2.C2H6/c16-14(17)12(9-1-2-9)15(21)20-3-4-22-13-10(5-18)6-19-7-11(13)8-20;1-2/h6-7,9,12,14H,1-4,8H2;1-2H3. The second-order valence-electron chi connectivity index (χ2n) is 5.59. The lowest BCUT2D eigenvalue weighted by Crippen LogP contribution is -2.40. The van der Waals surface area contributed by atoms with Gasteiger partial charge in [-0.2, -0.15) is 5.26 Å². The van der Waals surface area contributed by atoms with E-state index in [-0.39, 0.29) is 25.6 Å². The predicted octanol–water partition coefficient (Wildman–Crippen LogP) is 2.99. The molecule has 2 aliphatic rings. The molecule has 0 radical (unpaired) electrons. The molecule has 1 amide bonds. The highest BCUT2D eigenvalue weighted by Crippen LogP contribution is 2.41. The first-order valence-corrected chi connectivity index (χ1v) is 8.18. The van der Waals surface area contributed by atoms with Crippen LogP contribution in [-0.2, 0) is 11.3 Å². The number of rotatable bonds is 3. The molecule has 0 saturated heterocycles. The SMILES string of the molecule is CC.N#Cc1cncc2c1OCCN(C(=O)C(C(F)F)C1CC1)C2. The summed E-state index contributed by atoms with van der Waals surface area (Å²) in [7, 11) is 0. The zero-order valence-electron chi connectivity index (χ0n) is 13.8. The van der Waals surface area contributed by atoms with Crippen molar-refractivity contribution in [2.45, 2.75) is 39.7 Å². The van der Waals surface area contributed by atoms with Crippen LogP contribution in [0.1, 0.15) is 37.8 Å². The van der Waals surface area contributed by atoms with Gasteiger partial charge in [-0.3, -0.25) is 9.78 Å². The quantitative estimate of drug-likeness (QED) is 0.850. The third-order valence-corrected chi connectivity index (χ3v) is 4.06. The molecule has 1 atom stereocenters. The normalized spacial score (nSPS) is 17.6. The smallest absolute Gasteiger partial charge is 0.250 e. The Kier molecular flexibility index (Phi) is 6.07. The summed E-state index contributed by atoms with van der Waals surface area (Å²) in [5, 5.41) is 9.05. The van der Waals surface area contributed by atoms with E-state index in [9.17, 15) is 13.6 Å². The number of hydrogen-bond donors (Lipinski definition) is 0. The molecule has 1 aromatic rings. The largest absolute Gasteiger partial charge is 0.490 e. The van der Waals surface area contributed by atoms with E-state index >= 15 is 0 Å². The lowest BCUT2D eigenvalue weighted by molar-refractivity contribution is -0.142. The second kappa shape index (κ2) is 8.04. The Bertz CT molecular complexity index is 625. The molecule has 0 N–H and O–H groups in total. The molecule has 24 heavy (non-hydrogen) atoms. The molecule has 1 saturated carbocycles. The van der Waals surface area contributed by atoms with E-state index in [0.717, 1.165) is 0 Å². The summed E-state index contributed by atoms with van der Waals surface area (Å²) in [5.74, 6) is -1.57. The lowest BCUT2D eigenvalue weighted by Gasteiger charge is -2.25. The zero-order chi connectivity index (χ0) is 17.7. The average molecular weight is 337 g/mol. The van der Waals surface area contributed by atoms with Crippen LogP contribution in [0.5, 0.6) is 5.75 Å². The monoisotopic (exact) mass is 337 g/mol. The van der Waals surface area contributed by atoms with Gasteiger partial charge in [0.05, 0.1) is 13.1 Å². The number of fused-ring (bicyclic) bond motifs is 1. The molecule has 1 aliphatic carbocycles. The summed E-state index contributed by atoms with van der Waals surface area (Å²) < 4.78 is 31.9. The number of nitrogens with zero attached hydrogens (tertiary/aromatic N) is 3. The van der Waals surface area contributed by atoms with Gasteiger partial charge in [-0.15, -0.1) is 0 Å². The Morgan fingerprint density at radius 2 is 2.12 bits per heavy atom. The summed E-state index contributed by atoms with van der Waals surface area (Å²) in [6, 6.07) is 1.99. The maximum Gasteiger partial charge on any atom is 0.250 e. The molecule has 1 aromatic heterocycles. The summed E-state index contributed by atoms with van der Waals surface area (Å²) in [5.41, 5.74) is 0.869. The van der Waals surface area contributed by atoms with Gasteiger partial charge < -0.3 is 9.64 Å². The van der Waals surface area contributed by atoms with Crippen molar-refractivity contribution < 1.29 is 18.3 Å². The molecule has 2 heterocycles. The van der Waals surface area contributed by atoms with Crippen LogP contribution in [0.3, 0.4) is 0 Å². The highest BCUT2D eigenvalue weighted by atomic mass is 19.3. The van der Waals surface area contributed by atoms with E-state index < -0.39 is 18.3 Å². The Balaban J connectivity index is 0.00000100. The van der Waals surface area contributed by atoms with E-state index in [0.29, 0.717) is 29.7 Å². The van der Waals surface area contributed by atoms with Crippen molar-refractivity contribution in [2.24, 2.45) is 11.8 Å². The van der Waals surface area contributed by atoms with Crippen LogP contribution in [-0.4, -0.2) is 35.4 Å². The second-order valence-corrected chi connectivity index (χ2v) is 5.59. The van der Waals surface area contributed by atoms with Gasteiger partial charge in [0.2, 0.25) is 12.3 Å². The fourth-order valence-electron chi connectivity index (χ4n) is 2.77. The minimum Gasteiger partial charge on any atom is -0.490 e. The van der Waals surface area contributed by atoms with Crippen molar-refractivity contribution in [3.8, 4) is 11.8 Å². The minimum absolute atomic E-state index is 0.145. The van der Waals surface area contributed by atoms with E-state index in [2.05, 4.69) is 4.98 Å². The summed E-state index contributed by atoms with van der Waals surface area (Å²) in [6.45, 7) is 4.55. The molecule has 7 heteroatoms. The molecular formula is C17H21F2N3O2. The first kappa shape index (κ1) is 18.1.